The van der Waals surface area contributed by atoms with Gasteiger partial charge in [-0.3, -0.25) is 14.7 Å². The summed E-state index contributed by atoms with van der Waals surface area (Å²) in [6.45, 7) is 5.25. The molecule has 3 rings (SSSR count). The highest BCUT2D eigenvalue weighted by atomic mass is 31.1. The Hall–Kier alpha value is -2.87. The normalized spacial score (nSPS) is 14.5. The Bertz CT molecular complexity index is 1000. The van der Waals surface area contributed by atoms with Gasteiger partial charge in [0.25, 0.3) is 0 Å². The van der Waals surface area contributed by atoms with Crippen LogP contribution in [0, 0.1) is 6.92 Å². The standard InChI is InChI=1S/C22H28F2N5O3P/c1-14-7-8-17(19(26-14)32-21(23)24)27-22(31)29(16-9-12-28(13-10-16)15(2)30)18-6-5-11-25-20(18)33(3)4/h5-8,11,16,21H,9-10,12-13H2,1-4H3,(H,27,31). The van der Waals surface area contributed by atoms with Crippen LogP contribution in [-0.4, -0.2) is 65.9 Å². The number of rotatable bonds is 6. The maximum absolute atomic E-state index is 13.6. The highest BCUT2D eigenvalue weighted by molar-refractivity contribution is 7.64. The molecule has 0 atom stereocenters. The third-order valence-electron chi connectivity index (χ3n) is 5.38. The van der Waals surface area contributed by atoms with Gasteiger partial charge in [-0.1, -0.05) is 7.92 Å². The van der Waals surface area contributed by atoms with Crippen LogP contribution in [0.15, 0.2) is 30.5 Å². The first-order valence-electron chi connectivity index (χ1n) is 10.6. The number of pyridine rings is 2. The highest BCUT2D eigenvalue weighted by Gasteiger charge is 2.32. The number of hydrogen-bond acceptors (Lipinski definition) is 5. The van der Waals surface area contributed by atoms with Crippen molar-refractivity contribution >= 4 is 36.7 Å². The first kappa shape index (κ1) is 24.8. The quantitative estimate of drug-likeness (QED) is 0.637. The topological polar surface area (TPSA) is 87.7 Å². The molecule has 1 aliphatic rings. The Kier molecular flexibility index (Phi) is 8.13. The van der Waals surface area contributed by atoms with Crippen molar-refractivity contribution in [2.45, 2.75) is 39.3 Å². The van der Waals surface area contributed by atoms with E-state index in [2.05, 4.69) is 20.0 Å². The number of hydrogen-bond donors (Lipinski definition) is 1. The molecule has 11 heteroatoms. The highest BCUT2D eigenvalue weighted by Crippen LogP contribution is 2.32. The van der Waals surface area contributed by atoms with Crippen LogP contribution in [0.3, 0.4) is 0 Å². The Morgan fingerprint density at radius 2 is 1.94 bits per heavy atom. The number of aromatic nitrogens is 2. The average molecular weight is 479 g/mol. The number of carbonyl (C=O) groups is 2. The number of nitrogens with one attached hydrogen (secondary N) is 1. The zero-order chi connectivity index (χ0) is 24.1. The Morgan fingerprint density at radius 3 is 2.55 bits per heavy atom. The Labute approximate surface area is 193 Å². The maximum atomic E-state index is 13.6. The van der Waals surface area contributed by atoms with E-state index in [1.165, 1.54) is 13.0 Å². The minimum atomic E-state index is -3.07. The van der Waals surface area contributed by atoms with Crippen molar-refractivity contribution in [3.63, 3.8) is 0 Å². The molecule has 0 aromatic carbocycles. The van der Waals surface area contributed by atoms with Gasteiger partial charge in [-0.05, 0) is 57.4 Å². The van der Waals surface area contributed by atoms with Gasteiger partial charge in [-0.25, -0.2) is 9.78 Å². The van der Waals surface area contributed by atoms with E-state index in [0.717, 1.165) is 5.44 Å². The predicted octanol–water partition coefficient (Wildman–Crippen LogP) is 3.80. The fraction of sp³-hybridized carbons (Fsp3) is 0.455. The second kappa shape index (κ2) is 10.8. The summed E-state index contributed by atoms with van der Waals surface area (Å²) in [5.74, 6) is -0.346. The first-order chi connectivity index (χ1) is 15.7. The van der Waals surface area contributed by atoms with Crippen LogP contribution in [0.1, 0.15) is 25.5 Å². The summed E-state index contributed by atoms with van der Waals surface area (Å²) in [4.78, 5) is 37.2. The van der Waals surface area contributed by atoms with Crippen molar-refractivity contribution in [3.8, 4) is 5.88 Å². The second-order valence-electron chi connectivity index (χ2n) is 7.96. The zero-order valence-corrected chi connectivity index (χ0v) is 20.0. The van der Waals surface area contributed by atoms with E-state index in [4.69, 9.17) is 0 Å². The smallest absolute Gasteiger partial charge is 0.388 e. The second-order valence-corrected chi connectivity index (χ2v) is 10.2. The van der Waals surface area contributed by atoms with E-state index in [9.17, 15) is 18.4 Å². The molecule has 1 fully saturated rings. The van der Waals surface area contributed by atoms with Crippen molar-refractivity contribution in [3.05, 3.63) is 36.2 Å². The Balaban J connectivity index is 1.95. The van der Waals surface area contributed by atoms with Crippen molar-refractivity contribution in [1.29, 1.82) is 0 Å². The van der Waals surface area contributed by atoms with Crippen LogP contribution in [0.5, 0.6) is 5.88 Å². The molecule has 0 spiro atoms. The third-order valence-corrected chi connectivity index (χ3v) is 6.58. The minimum Gasteiger partial charge on any atom is -0.415 e. The van der Waals surface area contributed by atoms with Gasteiger partial charge in [0, 0.05) is 37.9 Å². The fourth-order valence-electron chi connectivity index (χ4n) is 3.81. The van der Waals surface area contributed by atoms with Gasteiger partial charge < -0.3 is 15.0 Å². The summed E-state index contributed by atoms with van der Waals surface area (Å²) in [5.41, 5.74) is 2.01. The monoisotopic (exact) mass is 479 g/mol. The van der Waals surface area contributed by atoms with Crippen LogP contribution in [-0.2, 0) is 4.79 Å². The summed E-state index contributed by atoms with van der Waals surface area (Å²) < 4.78 is 30.3. The molecule has 0 bridgehead atoms. The van der Waals surface area contributed by atoms with Crippen LogP contribution in [0.25, 0.3) is 0 Å². The number of amides is 3. The number of alkyl halides is 2. The van der Waals surface area contributed by atoms with Crippen molar-refractivity contribution in [2.75, 3.05) is 36.6 Å². The van der Waals surface area contributed by atoms with Gasteiger partial charge in [0.2, 0.25) is 11.8 Å². The molecule has 3 heterocycles. The molecule has 2 aromatic rings. The lowest BCUT2D eigenvalue weighted by atomic mass is 10.0. The van der Waals surface area contributed by atoms with Gasteiger partial charge in [0.15, 0.2) is 0 Å². The van der Waals surface area contributed by atoms with Crippen LogP contribution >= 0.6 is 7.92 Å². The number of carbonyl (C=O) groups excluding carboxylic acids is 2. The number of piperidine rings is 1. The molecule has 178 valence electrons. The summed E-state index contributed by atoms with van der Waals surface area (Å²) in [7, 11) is -0.629. The van der Waals surface area contributed by atoms with E-state index < -0.39 is 20.6 Å². The van der Waals surface area contributed by atoms with E-state index in [1.807, 2.05) is 19.4 Å². The molecule has 2 aromatic heterocycles. The minimum absolute atomic E-state index is 0.00308. The van der Waals surface area contributed by atoms with E-state index >= 15 is 0 Å². The van der Waals surface area contributed by atoms with E-state index in [0.29, 0.717) is 37.3 Å². The van der Waals surface area contributed by atoms with Gasteiger partial charge in [0.1, 0.15) is 5.69 Å². The molecular weight excluding hydrogens is 451 g/mol. The number of likely N-dealkylation sites (tertiary alicyclic amines) is 1. The first-order valence-corrected chi connectivity index (χ1v) is 12.8. The average Bonchev–Trinajstić information content (AvgIpc) is 2.76. The number of urea groups is 1. The molecule has 1 N–H and O–H groups in total. The number of nitrogens with zero attached hydrogens (tertiary/aromatic N) is 4. The molecule has 1 aliphatic heterocycles. The van der Waals surface area contributed by atoms with Crippen LogP contribution < -0.4 is 20.4 Å². The third kappa shape index (κ3) is 6.13. The number of halogens is 2. The van der Waals surface area contributed by atoms with Crippen LogP contribution in [0.2, 0.25) is 0 Å². The molecule has 0 saturated carbocycles. The summed E-state index contributed by atoms with van der Waals surface area (Å²) >= 11 is 0. The van der Waals surface area contributed by atoms with E-state index in [1.54, 1.807) is 35.1 Å². The van der Waals surface area contributed by atoms with E-state index in [-0.39, 0.29) is 23.5 Å². The lowest BCUT2D eigenvalue weighted by molar-refractivity contribution is -0.129. The van der Waals surface area contributed by atoms with Crippen LogP contribution in [0.4, 0.5) is 25.0 Å². The van der Waals surface area contributed by atoms with Crippen molar-refractivity contribution in [1.82, 2.24) is 14.9 Å². The van der Waals surface area contributed by atoms with Gasteiger partial charge >= 0.3 is 12.6 Å². The zero-order valence-electron chi connectivity index (χ0n) is 19.1. The SMILES string of the molecule is CC(=O)N1CCC(N(C(=O)Nc2ccc(C)nc2OC(F)F)c2cccnc2P(C)C)CC1. The van der Waals surface area contributed by atoms with Gasteiger partial charge in [-0.2, -0.15) is 8.78 Å². The summed E-state index contributed by atoms with van der Waals surface area (Å²) in [5, 5.41) is 2.70. The molecule has 0 unspecified atom stereocenters. The molecule has 1 saturated heterocycles. The molecular formula is C22H28F2N5O3P. The van der Waals surface area contributed by atoms with Crippen molar-refractivity contribution < 1.29 is 23.1 Å². The van der Waals surface area contributed by atoms with Crippen molar-refractivity contribution in [2.24, 2.45) is 0 Å². The molecule has 0 radical (unpaired) electrons. The number of anilines is 2. The lowest BCUT2D eigenvalue weighted by Crippen LogP contribution is -2.51. The number of aryl methyl sites for hydroxylation is 1. The van der Waals surface area contributed by atoms with Gasteiger partial charge in [0.05, 0.1) is 11.1 Å². The fourth-order valence-corrected chi connectivity index (χ4v) is 4.75. The largest absolute Gasteiger partial charge is 0.415 e. The maximum Gasteiger partial charge on any atom is 0.388 e. The molecule has 33 heavy (non-hydrogen) atoms. The predicted molar refractivity (Wildman–Crippen MR) is 125 cm³/mol. The summed E-state index contributed by atoms with van der Waals surface area (Å²) in [6, 6.07) is 6.01. The van der Waals surface area contributed by atoms with Gasteiger partial charge in [-0.15, -0.1) is 0 Å². The molecule has 0 aliphatic carbocycles. The summed E-state index contributed by atoms with van der Waals surface area (Å²) in [6.07, 6.45) is 2.85. The Morgan fingerprint density at radius 1 is 1.24 bits per heavy atom. The molecule has 8 nitrogen and oxygen atoms in total. The molecule has 3 amide bonds. The number of ether oxygens (including phenoxy) is 1. The lowest BCUT2D eigenvalue weighted by Gasteiger charge is -2.39.